The molecule has 3 aromatic carbocycles. The average Bonchev–Trinajstić information content (AvgIpc) is 3.22. The number of fused-ring (bicyclic) bond motifs is 1. The van der Waals surface area contributed by atoms with Gasteiger partial charge >= 0.3 is 12.1 Å². The molecule has 0 radical (unpaired) electrons. The number of nitrogens with zero attached hydrogens (tertiary/aromatic N) is 1. The first-order valence-electron chi connectivity index (χ1n) is 12.6. The molecule has 39 heavy (non-hydrogen) atoms. The number of aryl methyl sites for hydroxylation is 2. The molecule has 0 bridgehead atoms. The molecule has 0 N–H and O–H groups in total. The molecule has 0 aromatic heterocycles. The molecule has 9 heteroatoms. The number of carbonyl (C=O) groups excluding carboxylic acids is 2. The molecule has 0 spiro atoms. The molecule has 0 saturated heterocycles. The van der Waals surface area contributed by atoms with Crippen molar-refractivity contribution in [3.63, 3.8) is 0 Å². The summed E-state index contributed by atoms with van der Waals surface area (Å²) in [4.78, 5) is 27.7. The maximum Gasteiger partial charge on any atom is 0.416 e. The van der Waals surface area contributed by atoms with Crippen molar-refractivity contribution in [3.8, 4) is 5.75 Å². The first kappa shape index (κ1) is 28.5. The Bertz CT molecular complexity index is 1370. The van der Waals surface area contributed by atoms with Crippen LogP contribution in [0.3, 0.4) is 0 Å². The van der Waals surface area contributed by atoms with Crippen LogP contribution in [0.15, 0.2) is 65.6 Å². The minimum atomic E-state index is -4.43. The molecule has 1 amide bonds. The molecule has 0 unspecified atom stereocenters. The number of esters is 1. The maximum atomic E-state index is 13.0. The average molecular weight is 558 g/mol. The van der Waals surface area contributed by atoms with E-state index in [0.717, 1.165) is 45.9 Å². The normalized spacial score (nSPS) is 13.4. The van der Waals surface area contributed by atoms with Crippen LogP contribution in [0.1, 0.15) is 53.4 Å². The Kier molecular flexibility index (Phi) is 8.30. The van der Waals surface area contributed by atoms with Crippen LogP contribution in [0.5, 0.6) is 5.75 Å². The van der Waals surface area contributed by atoms with E-state index in [-0.39, 0.29) is 12.5 Å². The fraction of sp³-hybridized carbons (Fsp3) is 0.333. The van der Waals surface area contributed by atoms with Crippen LogP contribution in [-0.2, 0) is 28.7 Å². The van der Waals surface area contributed by atoms with Crippen LogP contribution in [0, 0.1) is 6.92 Å². The number of carbonyl (C=O) groups is 2. The second-order valence-corrected chi connectivity index (χ2v) is 10.9. The third-order valence-electron chi connectivity index (χ3n) is 6.45. The van der Waals surface area contributed by atoms with Crippen LogP contribution < -0.4 is 9.64 Å². The first-order valence-corrected chi connectivity index (χ1v) is 13.6. The molecule has 0 fully saturated rings. The number of thioether (sulfide) groups is 1. The number of ether oxygens (including phenoxy) is 2. The monoisotopic (exact) mass is 557 g/mol. The van der Waals surface area contributed by atoms with E-state index in [1.54, 1.807) is 38.6 Å². The topological polar surface area (TPSA) is 55.8 Å². The van der Waals surface area contributed by atoms with E-state index >= 15 is 0 Å². The van der Waals surface area contributed by atoms with Crippen molar-refractivity contribution < 1.29 is 32.2 Å². The molecular formula is C30H30F3NO4S. The van der Waals surface area contributed by atoms with E-state index in [1.165, 1.54) is 17.0 Å². The van der Waals surface area contributed by atoms with Crippen molar-refractivity contribution in [3.05, 3.63) is 88.5 Å². The van der Waals surface area contributed by atoms with E-state index in [2.05, 4.69) is 0 Å². The zero-order valence-corrected chi connectivity index (χ0v) is 23.0. The van der Waals surface area contributed by atoms with Gasteiger partial charge in [-0.2, -0.15) is 13.2 Å². The van der Waals surface area contributed by atoms with Gasteiger partial charge in [-0.3, -0.25) is 4.79 Å². The van der Waals surface area contributed by atoms with Crippen LogP contribution in [0.4, 0.5) is 18.9 Å². The summed E-state index contributed by atoms with van der Waals surface area (Å²) in [6.45, 7) is 7.63. The Morgan fingerprint density at radius 1 is 1.05 bits per heavy atom. The highest BCUT2D eigenvalue weighted by molar-refractivity contribution is 7.99. The summed E-state index contributed by atoms with van der Waals surface area (Å²) < 4.78 is 49.8. The Hall–Kier alpha value is -3.46. The Balaban J connectivity index is 1.40. The van der Waals surface area contributed by atoms with Gasteiger partial charge in [-0.1, -0.05) is 18.2 Å². The number of amides is 1. The third kappa shape index (κ3) is 6.41. The summed E-state index contributed by atoms with van der Waals surface area (Å²) in [6, 6.07) is 16.1. The minimum absolute atomic E-state index is 0.218. The summed E-state index contributed by atoms with van der Waals surface area (Å²) in [5.41, 5.74) is 2.06. The number of anilines is 1. The van der Waals surface area contributed by atoms with Gasteiger partial charge in [0.15, 0.2) is 5.60 Å². The summed E-state index contributed by atoms with van der Waals surface area (Å²) in [5, 5.41) is 0. The first-order chi connectivity index (χ1) is 18.4. The number of rotatable bonds is 9. The van der Waals surface area contributed by atoms with Gasteiger partial charge in [-0.15, -0.1) is 11.8 Å². The fourth-order valence-corrected chi connectivity index (χ4v) is 5.44. The van der Waals surface area contributed by atoms with Gasteiger partial charge in [0, 0.05) is 21.9 Å². The number of hydrogen-bond donors (Lipinski definition) is 0. The standard InChI is InChI=1S/C30H30F3NO4S/c1-5-37-28(36)29(3,4)38-25-14-9-20(17-19(25)2)15-16-39-26-8-6-7-23-24(26)18-34(27(23)35)22-12-10-21(11-13-22)30(31,32)33/h6-14,17H,5,15-16,18H2,1-4H3. The number of hydrogen-bond acceptors (Lipinski definition) is 5. The van der Waals surface area contributed by atoms with Gasteiger partial charge in [0.05, 0.1) is 18.7 Å². The van der Waals surface area contributed by atoms with Gasteiger partial charge < -0.3 is 14.4 Å². The van der Waals surface area contributed by atoms with E-state index in [4.69, 9.17) is 9.47 Å². The Morgan fingerprint density at radius 3 is 2.41 bits per heavy atom. The smallest absolute Gasteiger partial charge is 0.416 e. The maximum absolute atomic E-state index is 13.0. The van der Waals surface area contributed by atoms with Crippen LogP contribution in [0.2, 0.25) is 0 Å². The molecule has 3 aromatic rings. The summed E-state index contributed by atoms with van der Waals surface area (Å²) in [5.74, 6) is 0.741. The predicted molar refractivity (Wildman–Crippen MR) is 145 cm³/mol. The summed E-state index contributed by atoms with van der Waals surface area (Å²) in [7, 11) is 0. The lowest BCUT2D eigenvalue weighted by atomic mass is 10.1. The Morgan fingerprint density at radius 2 is 1.77 bits per heavy atom. The number of benzene rings is 3. The quantitative estimate of drug-likeness (QED) is 0.205. The van der Waals surface area contributed by atoms with Crippen molar-refractivity contribution in [2.24, 2.45) is 0 Å². The molecule has 1 aliphatic heterocycles. The molecule has 5 nitrogen and oxygen atoms in total. The van der Waals surface area contributed by atoms with Crippen molar-refractivity contribution in [2.75, 3.05) is 17.3 Å². The number of halogens is 3. The van der Waals surface area contributed by atoms with E-state index in [0.29, 0.717) is 23.5 Å². The zero-order chi connectivity index (χ0) is 28.4. The van der Waals surface area contributed by atoms with Crippen molar-refractivity contribution >= 4 is 29.3 Å². The predicted octanol–water partition coefficient (Wildman–Crippen LogP) is 7.23. The molecule has 1 aliphatic rings. The largest absolute Gasteiger partial charge is 0.476 e. The highest BCUT2D eigenvalue weighted by atomic mass is 32.2. The SMILES string of the molecule is CCOC(=O)C(C)(C)Oc1ccc(CCSc2cccc3c2CN(c2ccc(C(F)(F)F)cc2)C3=O)cc1C. The van der Waals surface area contributed by atoms with Gasteiger partial charge in [0.2, 0.25) is 0 Å². The van der Waals surface area contributed by atoms with Gasteiger partial charge in [-0.25, -0.2) is 4.79 Å². The molecule has 4 rings (SSSR count). The lowest BCUT2D eigenvalue weighted by Gasteiger charge is -2.25. The van der Waals surface area contributed by atoms with Crippen molar-refractivity contribution in [1.29, 1.82) is 0 Å². The zero-order valence-electron chi connectivity index (χ0n) is 22.2. The van der Waals surface area contributed by atoms with E-state index in [9.17, 15) is 22.8 Å². The van der Waals surface area contributed by atoms with Crippen LogP contribution in [0.25, 0.3) is 0 Å². The minimum Gasteiger partial charge on any atom is -0.476 e. The van der Waals surface area contributed by atoms with Crippen molar-refractivity contribution in [2.45, 2.75) is 57.3 Å². The highest BCUT2D eigenvalue weighted by Gasteiger charge is 2.34. The molecule has 206 valence electrons. The fourth-order valence-electron chi connectivity index (χ4n) is 4.36. The van der Waals surface area contributed by atoms with Crippen molar-refractivity contribution in [1.82, 2.24) is 0 Å². The molecule has 1 heterocycles. The number of alkyl halides is 3. The second kappa shape index (κ2) is 11.3. The van der Waals surface area contributed by atoms with Crippen LogP contribution >= 0.6 is 11.8 Å². The van der Waals surface area contributed by atoms with Crippen LogP contribution in [-0.4, -0.2) is 29.8 Å². The molecule has 0 atom stereocenters. The third-order valence-corrected chi connectivity index (χ3v) is 7.55. The summed E-state index contributed by atoms with van der Waals surface area (Å²) in [6.07, 6.45) is -3.65. The lowest BCUT2D eigenvalue weighted by molar-refractivity contribution is -0.158. The molecule has 0 aliphatic carbocycles. The molecular weight excluding hydrogens is 527 g/mol. The lowest BCUT2D eigenvalue weighted by Crippen LogP contribution is -2.39. The van der Waals surface area contributed by atoms with Gasteiger partial charge in [0.1, 0.15) is 5.75 Å². The molecule has 0 saturated carbocycles. The Labute approximate surface area is 230 Å². The van der Waals surface area contributed by atoms with E-state index in [1.807, 2.05) is 37.3 Å². The second-order valence-electron chi connectivity index (χ2n) is 9.75. The van der Waals surface area contributed by atoms with Gasteiger partial charge in [-0.05, 0) is 93.3 Å². The summed E-state index contributed by atoms with van der Waals surface area (Å²) >= 11 is 1.64. The van der Waals surface area contributed by atoms with E-state index < -0.39 is 23.3 Å². The van der Waals surface area contributed by atoms with Gasteiger partial charge in [0.25, 0.3) is 5.91 Å². The highest BCUT2D eigenvalue weighted by Crippen LogP contribution is 2.37.